The van der Waals surface area contributed by atoms with Gasteiger partial charge in [-0.2, -0.15) is 0 Å². The highest BCUT2D eigenvalue weighted by molar-refractivity contribution is 5.44. The van der Waals surface area contributed by atoms with Crippen LogP contribution in [0.25, 0.3) is 0 Å². The van der Waals surface area contributed by atoms with Crippen molar-refractivity contribution in [2.24, 2.45) is 0 Å². The van der Waals surface area contributed by atoms with Gasteiger partial charge in [0.25, 0.3) is 0 Å². The van der Waals surface area contributed by atoms with Crippen LogP contribution in [-0.4, -0.2) is 17.1 Å². The third-order valence-electron chi connectivity index (χ3n) is 1.79. The lowest BCUT2D eigenvalue weighted by Gasteiger charge is -2.08. The largest absolute Gasteiger partial charge is 0.507 e. The highest BCUT2D eigenvalue weighted by Crippen LogP contribution is 2.25. The van der Waals surface area contributed by atoms with Gasteiger partial charge in [0, 0.05) is 24.9 Å². The zero-order chi connectivity index (χ0) is 9.14. The summed E-state index contributed by atoms with van der Waals surface area (Å²) in [5.74, 6) is 1.31. The Morgan fingerprint density at radius 2 is 2.17 bits per heavy atom. The molecule has 3 heteroatoms. The van der Waals surface area contributed by atoms with Crippen molar-refractivity contribution < 1.29 is 5.11 Å². The Kier molecular flexibility index (Phi) is 2.53. The first-order chi connectivity index (χ1) is 5.65. The van der Waals surface area contributed by atoms with Gasteiger partial charge in [-0.05, 0) is 5.92 Å². The fourth-order valence-corrected chi connectivity index (χ4v) is 1.04. The van der Waals surface area contributed by atoms with Crippen molar-refractivity contribution in [2.45, 2.75) is 19.8 Å². The van der Waals surface area contributed by atoms with Gasteiger partial charge in [-0.3, -0.25) is 0 Å². The summed E-state index contributed by atoms with van der Waals surface area (Å²) in [5, 5.41) is 12.4. The quantitative estimate of drug-likeness (QED) is 0.705. The molecule has 2 N–H and O–H groups in total. The molecule has 0 saturated heterocycles. The maximum atomic E-state index is 9.51. The molecular weight excluding hydrogens is 152 g/mol. The Labute approximate surface area is 72.5 Å². The van der Waals surface area contributed by atoms with E-state index in [2.05, 4.69) is 10.3 Å². The van der Waals surface area contributed by atoms with Gasteiger partial charge >= 0.3 is 0 Å². The Bertz CT molecular complexity index is 271. The molecule has 1 heterocycles. The van der Waals surface area contributed by atoms with E-state index in [9.17, 15) is 5.11 Å². The first-order valence-corrected chi connectivity index (χ1v) is 4.01. The van der Waals surface area contributed by atoms with E-state index in [1.165, 1.54) is 0 Å². The number of rotatable bonds is 2. The normalized spacial score (nSPS) is 10.3. The van der Waals surface area contributed by atoms with Crippen LogP contribution in [0.3, 0.4) is 0 Å². The van der Waals surface area contributed by atoms with Gasteiger partial charge in [0.15, 0.2) is 0 Å². The number of nitrogens with zero attached hydrogens (tertiary/aromatic N) is 1. The number of anilines is 1. The Balaban J connectivity index is 3.03. The molecule has 66 valence electrons. The van der Waals surface area contributed by atoms with E-state index >= 15 is 0 Å². The first kappa shape index (κ1) is 8.84. The van der Waals surface area contributed by atoms with Crippen LogP contribution < -0.4 is 5.32 Å². The standard InChI is InChI=1S/C9H14N2O/c1-6(2)7-5-11-9(10-3)4-8(7)12/h4-6H,1-3H3,(H2,10,11,12). The van der Waals surface area contributed by atoms with Crippen LogP contribution >= 0.6 is 0 Å². The summed E-state index contributed by atoms with van der Waals surface area (Å²) in [6.45, 7) is 4.05. The molecule has 1 rings (SSSR count). The second-order valence-corrected chi connectivity index (χ2v) is 3.03. The fraction of sp³-hybridized carbons (Fsp3) is 0.444. The number of hydrogen-bond donors (Lipinski definition) is 2. The van der Waals surface area contributed by atoms with E-state index in [0.29, 0.717) is 17.5 Å². The molecule has 0 bridgehead atoms. The van der Waals surface area contributed by atoms with Crippen molar-refractivity contribution in [3.63, 3.8) is 0 Å². The van der Waals surface area contributed by atoms with Crippen LogP contribution in [0.1, 0.15) is 25.3 Å². The minimum atomic E-state index is 0.309. The van der Waals surface area contributed by atoms with Gasteiger partial charge < -0.3 is 10.4 Å². The third-order valence-corrected chi connectivity index (χ3v) is 1.79. The van der Waals surface area contributed by atoms with E-state index in [0.717, 1.165) is 5.56 Å². The zero-order valence-electron chi connectivity index (χ0n) is 7.63. The van der Waals surface area contributed by atoms with E-state index in [1.807, 2.05) is 13.8 Å². The van der Waals surface area contributed by atoms with E-state index in [1.54, 1.807) is 19.3 Å². The monoisotopic (exact) mass is 166 g/mol. The minimum absolute atomic E-state index is 0.309. The lowest BCUT2D eigenvalue weighted by Crippen LogP contribution is -1.95. The number of pyridine rings is 1. The smallest absolute Gasteiger partial charge is 0.129 e. The Morgan fingerprint density at radius 3 is 2.58 bits per heavy atom. The molecular formula is C9H14N2O. The number of aromatic hydroxyl groups is 1. The van der Waals surface area contributed by atoms with Crippen LogP contribution in [-0.2, 0) is 0 Å². The van der Waals surface area contributed by atoms with E-state index in [-0.39, 0.29) is 0 Å². The van der Waals surface area contributed by atoms with Crippen LogP contribution in [0.15, 0.2) is 12.3 Å². The molecule has 0 radical (unpaired) electrons. The summed E-state index contributed by atoms with van der Waals surface area (Å²) in [4.78, 5) is 4.11. The Morgan fingerprint density at radius 1 is 1.50 bits per heavy atom. The van der Waals surface area contributed by atoms with Crippen LogP contribution in [0.5, 0.6) is 5.75 Å². The van der Waals surface area contributed by atoms with Crippen molar-refractivity contribution in [1.82, 2.24) is 4.98 Å². The molecule has 0 aliphatic heterocycles. The Hall–Kier alpha value is -1.25. The summed E-state index contributed by atoms with van der Waals surface area (Å²) in [5.41, 5.74) is 0.883. The number of hydrogen-bond acceptors (Lipinski definition) is 3. The summed E-state index contributed by atoms with van der Waals surface area (Å²) in [6.07, 6.45) is 1.70. The average molecular weight is 166 g/mol. The van der Waals surface area contributed by atoms with Crippen LogP contribution in [0.4, 0.5) is 5.82 Å². The molecule has 0 fully saturated rings. The van der Waals surface area contributed by atoms with Crippen molar-refractivity contribution >= 4 is 5.82 Å². The molecule has 0 amide bonds. The second-order valence-electron chi connectivity index (χ2n) is 3.03. The maximum absolute atomic E-state index is 9.51. The van der Waals surface area contributed by atoms with Crippen molar-refractivity contribution in [3.05, 3.63) is 17.8 Å². The lowest BCUT2D eigenvalue weighted by molar-refractivity contribution is 0.464. The SMILES string of the molecule is CNc1cc(O)c(C(C)C)cn1. The molecule has 0 unspecified atom stereocenters. The van der Waals surface area contributed by atoms with Crippen molar-refractivity contribution in [3.8, 4) is 5.75 Å². The van der Waals surface area contributed by atoms with Crippen molar-refractivity contribution in [1.29, 1.82) is 0 Å². The molecule has 1 aromatic rings. The molecule has 0 aliphatic carbocycles. The molecule has 0 aromatic carbocycles. The summed E-state index contributed by atoms with van der Waals surface area (Å²) < 4.78 is 0. The van der Waals surface area contributed by atoms with Gasteiger partial charge in [0.1, 0.15) is 11.6 Å². The zero-order valence-corrected chi connectivity index (χ0v) is 7.63. The van der Waals surface area contributed by atoms with Gasteiger partial charge in [-0.25, -0.2) is 4.98 Å². The number of aromatic nitrogens is 1. The lowest BCUT2D eigenvalue weighted by atomic mass is 10.1. The predicted octanol–water partition coefficient (Wildman–Crippen LogP) is 1.95. The predicted molar refractivity (Wildman–Crippen MR) is 49.5 cm³/mol. The maximum Gasteiger partial charge on any atom is 0.129 e. The van der Waals surface area contributed by atoms with Gasteiger partial charge in [0.2, 0.25) is 0 Å². The van der Waals surface area contributed by atoms with Crippen LogP contribution in [0, 0.1) is 0 Å². The van der Waals surface area contributed by atoms with Gasteiger partial charge in [-0.1, -0.05) is 13.8 Å². The first-order valence-electron chi connectivity index (χ1n) is 4.01. The van der Waals surface area contributed by atoms with Gasteiger partial charge in [0.05, 0.1) is 0 Å². The van der Waals surface area contributed by atoms with Crippen LogP contribution in [0.2, 0.25) is 0 Å². The molecule has 12 heavy (non-hydrogen) atoms. The fourth-order valence-electron chi connectivity index (χ4n) is 1.04. The molecule has 1 aromatic heterocycles. The van der Waals surface area contributed by atoms with Crippen molar-refractivity contribution in [2.75, 3.05) is 12.4 Å². The molecule has 3 nitrogen and oxygen atoms in total. The number of nitrogens with one attached hydrogen (secondary N) is 1. The highest BCUT2D eigenvalue weighted by atomic mass is 16.3. The third kappa shape index (κ3) is 1.67. The summed E-state index contributed by atoms with van der Waals surface area (Å²) >= 11 is 0. The molecule has 0 spiro atoms. The minimum Gasteiger partial charge on any atom is -0.507 e. The topological polar surface area (TPSA) is 45.1 Å². The summed E-state index contributed by atoms with van der Waals surface area (Å²) in [7, 11) is 1.77. The highest BCUT2D eigenvalue weighted by Gasteiger charge is 2.06. The second kappa shape index (κ2) is 3.43. The summed E-state index contributed by atoms with van der Waals surface area (Å²) in [6, 6.07) is 1.63. The molecule has 0 aliphatic rings. The molecule has 0 saturated carbocycles. The average Bonchev–Trinajstić information content (AvgIpc) is 2.03. The van der Waals surface area contributed by atoms with E-state index < -0.39 is 0 Å². The van der Waals surface area contributed by atoms with E-state index in [4.69, 9.17) is 0 Å². The molecule has 0 atom stereocenters. The van der Waals surface area contributed by atoms with Gasteiger partial charge in [-0.15, -0.1) is 0 Å².